The normalized spacial score (nSPS) is 16.6. The van der Waals surface area contributed by atoms with Gasteiger partial charge in [-0.15, -0.1) is 0 Å². The van der Waals surface area contributed by atoms with Gasteiger partial charge < -0.3 is 14.9 Å². The van der Waals surface area contributed by atoms with E-state index in [-0.39, 0.29) is 28.5 Å². The maximum atomic E-state index is 13.3. The highest BCUT2D eigenvalue weighted by molar-refractivity contribution is 6.51. The quantitative estimate of drug-likeness (QED) is 0.164. The molecule has 1 aliphatic heterocycles. The van der Waals surface area contributed by atoms with Crippen molar-refractivity contribution in [2.75, 3.05) is 4.90 Å². The molecule has 37 heavy (non-hydrogen) atoms. The van der Waals surface area contributed by atoms with Gasteiger partial charge in [-0.2, -0.15) is 5.26 Å². The van der Waals surface area contributed by atoms with Gasteiger partial charge in [0, 0.05) is 17.3 Å². The Morgan fingerprint density at radius 1 is 1.11 bits per heavy atom. The summed E-state index contributed by atoms with van der Waals surface area (Å²) >= 11 is 0. The second-order valence-electron chi connectivity index (χ2n) is 8.53. The van der Waals surface area contributed by atoms with Crippen LogP contribution in [0.5, 0.6) is 11.5 Å². The number of phenolic OH excluding ortho intramolecular Hbond substituents is 1. The van der Waals surface area contributed by atoms with E-state index in [0.717, 1.165) is 17.0 Å². The van der Waals surface area contributed by atoms with Crippen molar-refractivity contribution in [3.05, 3.63) is 99.1 Å². The number of amides is 1. The fourth-order valence-electron chi connectivity index (χ4n) is 4.11. The average molecular weight is 499 g/mol. The zero-order valence-corrected chi connectivity index (χ0v) is 19.8. The Balaban J connectivity index is 1.95. The third-order valence-corrected chi connectivity index (χ3v) is 5.71. The molecule has 10 heteroatoms. The van der Waals surface area contributed by atoms with Gasteiger partial charge in [0.2, 0.25) is 0 Å². The van der Waals surface area contributed by atoms with Gasteiger partial charge in [-0.05, 0) is 61.9 Å². The summed E-state index contributed by atoms with van der Waals surface area (Å²) in [6.45, 7) is 3.65. The molecule has 2 N–H and O–H groups in total. The minimum Gasteiger partial charge on any atom is -0.507 e. The number of ketones is 1. The molecule has 0 saturated carbocycles. The first kappa shape index (κ1) is 24.9. The molecule has 10 nitrogen and oxygen atoms in total. The molecule has 1 fully saturated rings. The highest BCUT2D eigenvalue weighted by atomic mass is 16.6. The van der Waals surface area contributed by atoms with Crippen molar-refractivity contribution in [3.8, 4) is 17.6 Å². The van der Waals surface area contributed by atoms with E-state index in [2.05, 4.69) is 0 Å². The first-order valence-corrected chi connectivity index (χ1v) is 11.2. The van der Waals surface area contributed by atoms with Gasteiger partial charge in [0.05, 0.1) is 34.3 Å². The summed E-state index contributed by atoms with van der Waals surface area (Å²) < 4.78 is 5.67. The highest BCUT2D eigenvalue weighted by Gasteiger charge is 2.47. The van der Waals surface area contributed by atoms with E-state index in [4.69, 9.17) is 10.00 Å². The number of phenols is 1. The number of carbonyl (C=O) groups excluding carboxylic acids is 2. The second kappa shape index (κ2) is 9.83. The summed E-state index contributed by atoms with van der Waals surface area (Å²) in [7, 11) is 0. The molecule has 0 radical (unpaired) electrons. The number of nitro benzene ring substituents is 1. The number of aromatic hydroxyl groups is 1. The molecule has 1 aliphatic rings. The molecule has 3 aromatic carbocycles. The van der Waals surface area contributed by atoms with E-state index in [9.17, 15) is 29.9 Å². The van der Waals surface area contributed by atoms with Gasteiger partial charge in [-0.3, -0.25) is 24.6 Å². The maximum Gasteiger partial charge on any atom is 0.311 e. The molecular weight excluding hydrogens is 478 g/mol. The third kappa shape index (κ3) is 4.70. The van der Waals surface area contributed by atoms with Crippen LogP contribution in [0.15, 0.2) is 72.3 Å². The lowest BCUT2D eigenvalue weighted by Gasteiger charge is -2.25. The van der Waals surface area contributed by atoms with E-state index in [1.54, 1.807) is 12.1 Å². The van der Waals surface area contributed by atoms with Crippen molar-refractivity contribution in [1.82, 2.24) is 0 Å². The van der Waals surface area contributed by atoms with Crippen molar-refractivity contribution in [3.63, 3.8) is 0 Å². The summed E-state index contributed by atoms with van der Waals surface area (Å²) in [6.07, 6.45) is -0.156. The van der Waals surface area contributed by atoms with Crippen LogP contribution in [0.2, 0.25) is 0 Å². The van der Waals surface area contributed by atoms with Crippen molar-refractivity contribution in [2.45, 2.75) is 26.0 Å². The lowest BCUT2D eigenvalue weighted by Crippen LogP contribution is -2.29. The Bertz CT molecular complexity index is 1490. The van der Waals surface area contributed by atoms with Crippen LogP contribution in [0.4, 0.5) is 11.4 Å². The fraction of sp³-hybridized carbons (Fsp3) is 0.148. The average Bonchev–Trinajstić information content (AvgIpc) is 3.13. The highest BCUT2D eigenvalue weighted by Crippen LogP contribution is 2.44. The SMILES string of the molecule is CC(C)Oc1cccc(/C(O)=C2/C(=O)C(=O)N(c3ccc(C#N)cc3)C2c2ccc(O)c([N+](=O)[O-])c2)c1. The number of carbonyl (C=O) groups is 2. The number of aliphatic hydroxyl groups is 1. The minimum absolute atomic E-state index is 0.115. The Hall–Kier alpha value is -5.17. The van der Waals surface area contributed by atoms with E-state index in [0.29, 0.717) is 11.3 Å². The first-order chi connectivity index (χ1) is 17.6. The molecule has 4 rings (SSSR count). The molecule has 0 bridgehead atoms. The summed E-state index contributed by atoms with van der Waals surface area (Å²) in [5.74, 6) is -2.64. The second-order valence-corrected chi connectivity index (χ2v) is 8.53. The van der Waals surface area contributed by atoms with Gasteiger partial charge in [0.1, 0.15) is 11.5 Å². The number of nitriles is 1. The molecule has 1 saturated heterocycles. The van der Waals surface area contributed by atoms with Crippen molar-refractivity contribution in [2.24, 2.45) is 0 Å². The number of hydrogen-bond donors (Lipinski definition) is 2. The zero-order chi connectivity index (χ0) is 26.9. The number of nitrogens with zero attached hydrogens (tertiary/aromatic N) is 3. The Morgan fingerprint density at radius 2 is 1.81 bits per heavy atom. The summed E-state index contributed by atoms with van der Waals surface area (Å²) in [4.78, 5) is 38.3. The van der Waals surface area contributed by atoms with Gasteiger partial charge >= 0.3 is 5.69 Å². The molecule has 0 aliphatic carbocycles. The number of Topliss-reactive ketones (excluding diaryl/α,β-unsaturated/α-hetero) is 1. The third-order valence-electron chi connectivity index (χ3n) is 5.71. The van der Waals surface area contributed by atoms with Crippen molar-refractivity contribution >= 4 is 28.8 Å². The number of nitro groups is 1. The monoisotopic (exact) mass is 499 g/mol. The van der Waals surface area contributed by atoms with Crippen LogP contribution in [0.1, 0.15) is 36.6 Å². The van der Waals surface area contributed by atoms with Crippen LogP contribution in [0.3, 0.4) is 0 Å². The molecule has 0 spiro atoms. The Kier molecular flexibility index (Phi) is 6.63. The molecule has 1 atom stereocenters. The zero-order valence-electron chi connectivity index (χ0n) is 19.8. The summed E-state index contributed by atoms with van der Waals surface area (Å²) in [6, 6.07) is 16.3. The number of benzene rings is 3. The summed E-state index contributed by atoms with van der Waals surface area (Å²) in [5, 5.41) is 41.8. The summed E-state index contributed by atoms with van der Waals surface area (Å²) in [5.41, 5.74) is -0.0540. The predicted octanol–water partition coefficient (Wildman–Crippen LogP) is 4.59. The molecule has 1 unspecified atom stereocenters. The number of anilines is 1. The number of rotatable bonds is 6. The number of ether oxygens (including phenoxy) is 1. The minimum atomic E-state index is -1.26. The smallest absolute Gasteiger partial charge is 0.311 e. The molecule has 3 aromatic rings. The number of hydrogen-bond acceptors (Lipinski definition) is 8. The largest absolute Gasteiger partial charge is 0.507 e. The molecule has 1 amide bonds. The van der Waals surface area contributed by atoms with Crippen LogP contribution >= 0.6 is 0 Å². The Labute approximate surface area is 211 Å². The van der Waals surface area contributed by atoms with Gasteiger partial charge in [-0.25, -0.2) is 0 Å². The molecule has 0 aromatic heterocycles. The van der Waals surface area contributed by atoms with Crippen LogP contribution < -0.4 is 9.64 Å². The molecule has 186 valence electrons. The lowest BCUT2D eigenvalue weighted by atomic mass is 9.94. The lowest BCUT2D eigenvalue weighted by molar-refractivity contribution is -0.385. The van der Waals surface area contributed by atoms with Crippen molar-refractivity contribution < 1.29 is 29.5 Å². The van der Waals surface area contributed by atoms with Crippen LogP contribution in [0, 0.1) is 21.4 Å². The topological polar surface area (TPSA) is 154 Å². The van der Waals surface area contributed by atoms with Crippen LogP contribution in [0.25, 0.3) is 5.76 Å². The maximum absolute atomic E-state index is 13.3. The molecular formula is C27H21N3O7. The predicted molar refractivity (Wildman–Crippen MR) is 133 cm³/mol. The van der Waals surface area contributed by atoms with E-state index >= 15 is 0 Å². The van der Waals surface area contributed by atoms with Crippen LogP contribution in [-0.2, 0) is 9.59 Å². The van der Waals surface area contributed by atoms with E-state index < -0.39 is 39.9 Å². The van der Waals surface area contributed by atoms with E-state index in [1.165, 1.54) is 42.5 Å². The Morgan fingerprint density at radius 3 is 2.43 bits per heavy atom. The van der Waals surface area contributed by atoms with Crippen LogP contribution in [-0.4, -0.2) is 32.9 Å². The van der Waals surface area contributed by atoms with Crippen molar-refractivity contribution in [1.29, 1.82) is 5.26 Å². The molecule has 1 heterocycles. The van der Waals surface area contributed by atoms with Gasteiger partial charge in [0.15, 0.2) is 5.75 Å². The van der Waals surface area contributed by atoms with Gasteiger partial charge in [0.25, 0.3) is 11.7 Å². The fourth-order valence-corrected chi connectivity index (χ4v) is 4.11. The van der Waals surface area contributed by atoms with Gasteiger partial charge in [-0.1, -0.05) is 18.2 Å². The standard InChI is InChI=1S/C27H21N3O7/c1-15(2)37-20-5-3-4-18(12-20)25(32)23-24(17-8-11-22(31)21(13-17)30(35)36)29(27(34)26(23)33)19-9-6-16(14-28)7-10-19/h3-13,15,24,31-32H,1-2H3/b25-23-. The van der Waals surface area contributed by atoms with E-state index in [1.807, 2.05) is 19.9 Å². The number of aliphatic hydroxyl groups excluding tert-OH is 1. The first-order valence-electron chi connectivity index (χ1n) is 11.2.